The van der Waals surface area contributed by atoms with Crippen molar-refractivity contribution in [1.82, 2.24) is 4.90 Å². The monoisotopic (exact) mass is 234 g/mol. The van der Waals surface area contributed by atoms with Crippen LogP contribution in [0.4, 0.5) is 0 Å². The highest BCUT2D eigenvalue weighted by molar-refractivity contribution is 5.80. The molecule has 17 heavy (non-hydrogen) atoms. The van der Waals surface area contributed by atoms with Gasteiger partial charge in [0.15, 0.2) is 0 Å². The molecule has 0 aromatic heterocycles. The van der Waals surface area contributed by atoms with Crippen LogP contribution in [0.2, 0.25) is 0 Å². The van der Waals surface area contributed by atoms with Gasteiger partial charge in [-0.15, -0.1) is 0 Å². The molecule has 0 radical (unpaired) electrons. The molecular weight excluding hydrogens is 212 g/mol. The summed E-state index contributed by atoms with van der Waals surface area (Å²) < 4.78 is 0. The molecule has 94 valence electrons. The number of hydrogen-bond acceptors (Lipinski definition) is 2. The molecule has 3 heteroatoms. The summed E-state index contributed by atoms with van der Waals surface area (Å²) in [7, 11) is 0. The molecule has 1 saturated heterocycles. The lowest BCUT2D eigenvalue weighted by atomic mass is 9.80. The lowest BCUT2D eigenvalue weighted by molar-refractivity contribution is -0.139. The van der Waals surface area contributed by atoms with Crippen LogP contribution in [-0.4, -0.2) is 23.9 Å². The van der Waals surface area contributed by atoms with E-state index < -0.39 is 0 Å². The number of hydrogen-bond donors (Lipinski definition) is 0. The van der Waals surface area contributed by atoms with Crippen molar-refractivity contribution in [3.8, 4) is 6.07 Å². The fourth-order valence-electron chi connectivity index (χ4n) is 3.23. The molecular formula is C14H22N2O. The second-order valence-electron chi connectivity index (χ2n) is 6.16. The van der Waals surface area contributed by atoms with Gasteiger partial charge in [-0.2, -0.15) is 5.26 Å². The molecule has 1 unspecified atom stereocenters. The molecule has 1 atom stereocenters. The number of nitrogens with zero attached hydrogens (tertiary/aromatic N) is 2. The van der Waals surface area contributed by atoms with E-state index in [-0.39, 0.29) is 17.3 Å². The van der Waals surface area contributed by atoms with Crippen molar-refractivity contribution in [1.29, 1.82) is 5.26 Å². The summed E-state index contributed by atoms with van der Waals surface area (Å²) in [5.74, 6) is 0.709. The lowest BCUT2D eigenvalue weighted by Crippen LogP contribution is -2.44. The van der Waals surface area contributed by atoms with Crippen molar-refractivity contribution in [3.05, 3.63) is 0 Å². The molecule has 0 aromatic rings. The van der Waals surface area contributed by atoms with Crippen molar-refractivity contribution in [3.63, 3.8) is 0 Å². The standard InChI is InChI=1S/C14H22N2O/c1-14(2)7-3-4-12(14)13(17)16-8-5-11(10-15)6-9-16/h11-12H,3-9H2,1-2H3. The van der Waals surface area contributed by atoms with Gasteiger partial charge in [0, 0.05) is 24.9 Å². The number of rotatable bonds is 1. The summed E-state index contributed by atoms with van der Waals surface area (Å²) >= 11 is 0. The van der Waals surface area contributed by atoms with Gasteiger partial charge in [-0.1, -0.05) is 20.3 Å². The fraction of sp³-hybridized carbons (Fsp3) is 0.857. The molecule has 3 nitrogen and oxygen atoms in total. The number of carbonyl (C=O) groups excluding carboxylic acids is 1. The highest BCUT2D eigenvalue weighted by Crippen LogP contribution is 2.43. The minimum atomic E-state index is 0.163. The van der Waals surface area contributed by atoms with Gasteiger partial charge in [0.2, 0.25) is 5.91 Å². The van der Waals surface area contributed by atoms with Gasteiger partial charge in [0.05, 0.1) is 6.07 Å². The van der Waals surface area contributed by atoms with Crippen LogP contribution in [0.15, 0.2) is 0 Å². The Morgan fingerprint density at radius 1 is 1.29 bits per heavy atom. The number of amides is 1. The molecule has 1 aliphatic carbocycles. The predicted octanol–water partition coefficient (Wildman–Crippen LogP) is 2.57. The van der Waals surface area contributed by atoms with Gasteiger partial charge in [-0.3, -0.25) is 4.79 Å². The topological polar surface area (TPSA) is 44.1 Å². The molecule has 1 amide bonds. The Bertz CT molecular complexity index is 335. The number of carbonyl (C=O) groups is 1. The second-order valence-corrected chi connectivity index (χ2v) is 6.16. The van der Waals surface area contributed by atoms with E-state index in [1.54, 1.807) is 0 Å². The van der Waals surface area contributed by atoms with E-state index in [0.29, 0.717) is 5.91 Å². The molecule has 1 saturated carbocycles. The second kappa shape index (κ2) is 4.68. The van der Waals surface area contributed by atoms with E-state index in [9.17, 15) is 4.79 Å². The van der Waals surface area contributed by atoms with Crippen molar-refractivity contribution >= 4 is 5.91 Å². The average molecular weight is 234 g/mol. The molecule has 2 aliphatic rings. The number of piperidine rings is 1. The van der Waals surface area contributed by atoms with E-state index in [1.807, 2.05) is 4.90 Å². The lowest BCUT2D eigenvalue weighted by Gasteiger charge is -2.35. The summed E-state index contributed by atoms with van der Waals surface area (Å²) in [6, 6.07) is 2.31. The maximum Gasteiger partial charge on any atom is 0.226 e. The predicted molar refractivity (Wildman–Crippen MR) is 66.0 cm³/mol. The Morgan fingerprint density at radius 2 is 1.94 bits per heavy atom. The quantitative estimate of drug-likeness (QED) is 0.700. The van der Waals surface area contributed by atoms with Gasteiger partial charge in [0.1, 0.15) is 0 Å². The number of likely N-dealkylation sites (tertiary alicyclic amines) is 1. The van der Waals surface area contributed by atoms with Crippen LogP contribution in [0, 0.1) is 28.6 Å². The summed E-state index contributed by atoms with van der Waals surface area (Å²) in [6.45, 7) is 5.99. The Balaban J connectivity index is 1.95. The van der Waals surface area contributed by atoms with Crippen LogP contribution in [0.25, 0.3) is 0 Å². The summed E-state index contributed by atoms with van der Waals surface area (Å²) in [4.78, 5) is 14.4. The van der Waals surface area contributed by atoms with Crippen LogP contribution in [0.5, 0.6) is 0 Å². The van der Waals surface area contributed by atoms with E-state index in [1.165, 1.54) is 6.42 Å². The molecule has 2 rings (SSSR count). The van der Waals surface area contributed by atoms with Crippen LogP contribution in [0.1, 0.15) is 46.0 Å². The Labute approximate surface area is 104 Å². The first-order valence-electron chi connectivity index (χ1n) is 6.73. The molecule has 0 bridgehead atoms. The maximum absolute atomic E-state index is 12.5. The van der Waals surface area contributed by atoms with Crippen molar-refractivity contribution < 1.29 is 4.79 Å². The third kappa shape index (κ3) is 2.46. The summed E-state index contributed by atoms with van der Waals surface area (Å²) in [5, 5.41) is 8.86. The molecule has 1 heterocycles. The van der Waals surface area contributed by atoms with Gasteiger partial charge >= 0.3 is 0 Å². The van der Waals surface area contributed by atoms with Gasteiger partial charge < -0.3 is 4.90 Å². The SMILES string of the molecule is CC1(C)CCCC1C(=O)N1CCC(C#N)CC1. The van der Waals surface area contributed by atoms with Gasteiger partial charge in [0.25, 0.3) is 0 Å². The zero-order valence-electron chi connectivity index (χ0n) is 10.9. The van der Waals surface area contributed by atoms with Crippen molar-refractivity contribution in [2.75, 3.05) is 13.1 Å². The summed E-state index contributed by atoms with van der Waals surface area (Å²) in [5.41, 5.74) is 0.170. The molecule has 2 fully saturated rings. The third-order valence-corrected chi connectivity index (χ3v) is 4.54. The van der Waals surface area contributed by atoms with Crippen molar-refractivity contribution in [2.24, 2.45) is 17.3 Å². The van der Waals surface area contributed by atoms with Crippen molar-refractivity contribution in [2.45, 2.75) is 46.0 Å². The van der Waals surface area contributed by atoms with E-state index in [4.69, 9.17) is 5.26 Å². The van der Waals surface area contributed by atoms with E-state index in [0.717, 1.165) is 38.8 Å². The average Bonchev–Trinajstić information content (AvgIpc) is 2.68. The third-order valence-electron chi connectivity index (χ3n) is 4.54. The first-order valence-corrected chi connectivity index (χ1v) is 6.73. The highest BCUT2D eigenvalue weighted by Gasteiger charge is 2.41. The Hall–Kier alpha value is -1.04. The Morgan fingerprint density at radius 3 is 2.41 bits per heavy atom. The first-order chi connectivity index (χ1) is 8.04. The maximum atomic E-state index is 12.5. The highest BCUT2D eigenvalue weighted by atomic mass is 16.2. The van der Waals surface area contributed by atoms with Crippen LogP contribution in [0.3, 0.4) is 0 Å². The van der Waals surface area contributed by atoms with E-state index >= 15 is 0 Å². The summed E-state index contributed by atoms with van der Waals surface area (Å²) in [6.07, 6.45) is 5.10. The molecule has 0 spiro atoms. The normalized spacial score (nSPS) is 29.0. The van der Waals surface area contributed by atoms with Crippen LogP contribution in [-0.2, 0) is 4.79 Å². The zero-order valence-corrected chi connectivity index (χ0v) is 10.9. The molecule has 1 aliphatic heterocycles. The molecule has 0 aromatic carbocycles. The smallest absolute Gasteiger partial charge is 0.226 e. The largest absolute Gasteiger partial charge is 0.342 e. The minimum absolute atomic E-state index is 0.163. The zero-order chi connectivity index (χ0) is 12.5. The molecule has 0 N–H and O–H groups in total. The van der Waals surface area contributed by atoms with Crippen LogP contribution < -0.4 is 0 Å². The fourth-order valence-corrected chi connectivity index (χ4v) is 3.23. The van der Waals surface area contributed by atoms with E-state index in [2.05, 4.69) is 19.9 Å². The van der Waals surface area contributed by atoms with Gasteiger partial charge in [-0.05, 0) is 31.1 Å². The minimum Gasteiger partial charge on any atom is -0.342 e. The number of nitriles is 1. The Kier molecular flexibility index (Phi) is 3.42. The first kappa shape index (κ1) is 12.4. The van der Waals surface area contributed by atoms with Crippen LogP contribution >= 0.6 is 0 Å². The van der Waals surface area contributed by atoms with Gasteiger partial charge in [-0.25, -0.2) is 0 Å².